The highest BCUT2D eigenvalue weighted by molar-refractivity contribution is 9.10. The van der Waals surface area contributed by atoms with Crippen LogP contribution in [0.15, 0.2) is 22.7 Å². The van der Waals surface area contributed by atoms with Gasteiger partial charge in [0.05, 0.1) is 5.56 Å². The zero-order chi connectivity index (χ0) is 7.56. The van der Waals surface area contributed by atoms with Gasteiger partial charge in [0.15, 0.2) is 6.29 Å². The molecule has 0 aliphatic heterocycles. The van der Waals surface area contributed by atoms with Crippen LogP contribution in [0.25, 0.3) is 0 Å². The molecule has 1 rings (SSSR count). The lowest BCUT2D eigenvalue weighted by Crippen LogP contribution is -1.92. The van der Waals surface area contributed by atoms with Gasteiger partial charge in [-0.05, 0) is 28.1 Å². The number of carbonyl (C=O) groups excluding carboxylic acids is 1. The molecule has 0 radical (unpaired) electrons. The summed E-state index contributed by atoms with van der Waals surface area (Å²) in [6, 6.07) is 5.25. The fourth-order valence-electron chi connectivity index (χ4n) is 0.678. The van der Waals surface area contributed by atoms with Crippen LogP contribution in [0.5, 0.6) is 0 Å². The average molecular weight is 200 g/mol. The van der Waals surface area contributed by atoms with E-state index in [1.807, 2.05) is 0 Å². The van der Waals surface area contributed by atoms with E-state index >= 15 is 0 Å². The summed E-state index contributed by atoms with van der Waals surface area (Å²) < 4.78 is 0.738. The molecule has 0 fully saturated rings. The Hall–Kier alpha value is -0.830. The number of anilines is 1. The Morgan fingerprint density at radius 2 is 2.20 bits per heavy atom. The molecule has 1 aromatic rings. The number of halogens is 1. The van der Waals surface area contributed by atoms with Crippen LogP contribution in [0.4, 0.5) is 5.69 Å². The SMILES string of the molecule is Nc1cccc(Br)c1C=O. The topological polar surface area (TPSA) is 43.1 Å². The second-order valence-corrected chi connectivity index (χ2v) is 2.71. The molecule has 2 N–H and O–H groups in total. The third-order valence-electron chi connectivity index (χ3n) is 1.20. The molecule has 0 atom stereocenters. The summed E-state index contributed by atoms with van der Waals surface area (Å²) in [5.41, 5.74) is 6.49. The van der Waals surface area contributed by atoms with E-state index in [9.17, 15) is 4.79 Å². The van der Waals surface area contributed by atoms with E-state index in [1.165, 1.54) is 0 Å². The first-order valence-electron chi connectivity index (χ1n) is 2.75. The lowest BCUT2D eigenvalue weighted by atomic mass is 10.2. The molecule has 0 aromatic heterocycles. The highest BCUT2D eigenvalue weighted by Crippen LogP contribution is 2.19. The highest BCUT2D eigenvalue weighted by atomic mass is 79.9. The highest BCUT2D eigenvalue weighted by Gasteiger charge is 1.99. The van der Waals surface area contributed by atoms with E-state index in [-0.39, 0.29) is 0 Å². The third kappa shape index (κ3) is 1.19. The van der Waals surface area contributed by atoms with Gasteiger partial charge in [-0.15, -0.1) is 0 Å². The van der Waals surface area contributed by atoms with E-state index in [0.717, 1.165) is 10.8 Å². The first-order valence-corrected chi connectivity index (χ1v) is 3.54. The Morgan fingerprint density at radius 1 is 1.50 bits per heavy atom. The predicted octanol–water partition coefficient (Wildman–Crippen LogP) is 1.84. The number of nitrogens with two attached hydrogens (primary N) is 1. The monoisotopic (exact) mass is 199 g/mol. The molecule has 0 spiro atoms. The number of benzene rings is 1. The van der Waals surface area contributed by atoms with Crippen LogP contribution in [0, 0.1) is 0 Å². The second kappa shape index (κ2) is 2.84. The molecule has 2 nitrogen and oxygen atoms in total. The van der Waals surface area contributed by atoms with Crippen LogP contribution in [-0.4, -0.2) is 6.29 Å². The van der Waals surface area contributed by atoms with Crippen molar-refractivity contribution in [1.29, 1.82) is 0 Å². The third-order valence-corrected chi connectivity index (χ3v) is 1.90. The summed E-state index contributed by atoms with van der Waals surface area (Å²) in [5.74, 6) is 0. The Kier molecular flexibility index (Phi) is 2.06. The molecule has 3 heteroatoms. The lowest BCUT2D eigenvalue weighted by Gasteiger charge is -1.98. The van der Waals surface area contributed by atoms with Gasteiger partial charge in [-0.1, -0.05) is 6.07 Å². The number of hydrogen-bond acceptors (Lipinski definition) is 2. The Balaban J connectivity index is 3.30. The minimum Gasteiger partial charge on any atom is -0.398 e. The summed E-state index contributed by atoms with van der Waals surface area (Å²) >= 11 is 3.20. The fourth-order valence-corrected chi connectivity index (χ4v) is 1.15. The maximum Gasteiger partial charge on any atom is 0.153 e. The standard InChI is InChI=1S/C7H6BrNO/c8-6-2-1-3-7(9)5(6)4-10/h1-4H,9H2. The normalized spacial score (nSPS) is 9.30. The predicted molar refractivity (Wildman–Crippen MR) is 43.9 cm³/mol. The molecule has 10 heavy (non-hydrogen) atoms. The van der Waals surface area contributed by atoms with E-state index in [4.69, 9.17) is 5.73 Å². The van der Waals surface area contributed by atoms with E-state index in [2.05, 4.69) is 15.9 Å². The zero-order valence-electron chi connectivity index (χ0n) is 5.17. The molecule has 0 bridgehead atoms. The Bertz CT molecular complexity index is 240. The van der Waals surface area contributed by atoms with Crippen LogP contribution in [0.3, 0.4) is 0 Å². The maximum atomic E-state index is 10.3. The van der Waals surface area contributed by atoms with Gasteiger partial charge < -0.3 is 5.73 Å². The molecule has 0 aliphatic rings. The maximum absolute atomic E-state index is 10.3. The summed E-state index contributed by atoms with van der Waals surface area (Å²) in [6.07, 6.45) is 0.736. The number of carbonyl (C=O) groups is 1. The van der Waals surface area contributed by atoms with Gasteiger partial charge in [0, 0.05) is 10.2 Å². The number of nitrogen functional groups attached to an aromatic ring is 1. The van der Waals surface area contributed by atoms with Crippen LogP contribution in [0.1, 0.15) is 10.4 Å². The fraction of sp³-hybridized carbons (Fsp3) is 0. The van der Waals surface area contributed by atoms with Gasteiger partial charge in [0.1, 0.15) is 0 Å². The summed E-state index contributed by atoms with van der Waals surface area (Å²) in [5, 5.41) is 0. The molecule has 1 aromatic carbocycles. The van der Waals surface area contributed by atoms with Gasteiger partial charge in [-0.25, -0.2) is 0 Å². The molecule has 0 heterocycles. The van der Waals surface area contributed by atoms with Crippen molar-refractivity contribution in [3.05, 3.63) is 28.2 Å². The molecule has 0 saturated carbocycles. The second-order valence-electron chi connectivity index (χ2n) is 1.86. The molecular formula is C7H6BrNO. The molecule has 0 amide bonds. The van der Waals surface area contributed by atoms with Crippen molar-refractivity contribution in [3.8, 4) is 0 Å². The van der Waals surface area contributed by atoms with E-state index in [1.54, 1.807) is 18.2 Å². The van der Waals surface area contributed by atoms with Crippen molar-refractivity contribution in [2.75, 3.05) is 5.73 Å². The van der Waals surface area contributed by atoms with Gasteiger partial charge in [0.2, 0.25) is 0 Å². The molecule has 52 valence electrons. The molecule has 0 unspecified atom stereocenters. The van der Waals surface area contributed by atoms with Gasteiger partial charge in [-0.2, -0.15) is 0 Å². The lowest BCUT2D eigenvalue weighted by molar-refractivity contribution is 0.112. The summed E-state index contributed by atoms with van der Waals surface area (Å²) in [7, 11) is 0. The first-order chi connectivity index (χ1) is 4.75. The minimum absolute atomic E-state index is 0.504. The van der Waals surface area contributed by atoms with Crippen molar-refractivity contribution in [2.45, 2.75) is 0 Å². The van der Waals surface area contributed by atoms with Crippen LogP contribution in [0.2, 0.25) is 0 Å². The minimum atomic E-state index is 0.504. The largest absolute Gasteiger partial charge is 0.398 e. The summed E-state index contributed by atoms with van der Waals surface area (Å²) in [6.45, 7) is 0. The number of rotatable bonds is 1. The van der Waals surface area contributed by atoms with Crippen LogP contribution < -0.4 is 5.73 Å². The number of aldehydes is 1. The van der Waals surface area contributed by atoms with Crippen molar-refractivity contribution in [2.24, 2.45) is 0 Å². The van der Waals surface area contributed by atoms with Crippen LogP contribution >= 0.6 is 15.9 Å². The smallest absolute Gasteiger partial charge is 0.153 e. The molecular weight excluding hydrogens is 194 g/mol. The van der Waals surface area contributed by atoms with Gasteiger partial charge >= 0.3 is 0 Å². The van der Waals surface area contributed by atoms with Crippen molar-refractivity contribution >= 4 is 27.9 Å². The van der Waals surface area contributed by atoms with Gasteiger partial charge in [0.25, 0.3) is 0 Å². The van der Waals surface area contributed by atoms with E-state index < -0.39 is 0 Å². The Morgan fingerprint density at radius 3 is 2.60 bits per heavy atom. The van der Waals surface area contributed by atoms with Crippen molar-refractivity contribution in [1.82, 2.24) is 0 Å². The van der Waals surface area contributed by atoms with Gasteiger partial charge in [-0.3, -0.25) is 4.79 Å². The molecule has 0 saturated heterocycles. The Labute approximate surface area is 67.2 Å². The first kappa shape index (κ1) is 7.28. The van der Waals surface area contributed by atoms with Crippen molar-refractivity contribution < 1.29 is 4.79 Å². The van der Waals surface area contributed by atoms with E-state index in [0.29, 0.717) is 11.3 Å². The summed E-state index contributed by atoms with van der Waals surface area (Å²) in [4.78, 5) is 10.3. The van der Waals surface area contributed by atoms with Crippen LogP contribution in [-0.2, 0) is 0 Å². The number of hydrogen-bond donors (Lipinski definition) is 1. The van der Waals surface area contributed by atoms with Crippen molar-refractivity contribution in [3.63, 3.8) is 0 Å². The average Bonchev–Trinajstić information content (AvgIpc) is 1.88. The molecule has 0 aliphatic carbocycles. The quantitative estimate of drug-likeness (QED) is 0.555. The zero-order valence-corrected chi connectivity index (χ0v) is 6.76.